The van der Waals surface area contributed by atoms with E-state index in [2.05, 4.69) is 63.4 Å². The first kappa shape index (κ1) is 38.6. The van der Waals surface area contributed by atoms with Crippen molar-refractivity contribution in [1.29, 1.82) is 0 Å². The first-order valence-corrected chi connectivity index (χ1v) is 15.4. The number of carbonyl (C=O) groups is 1. The van der Waals surface area contributed by atoms with E-state index in [-0.39, 0.29) is 43.7 Å². The van der Waals surface area contributed by atoms with Crippen LogP contribution in [-0.2, 0) is 25.9 Å². The third-order valence-corrected chi connectivity index (χ3v) is 7.88. The summed E-state index contributed by atoms with van der Waals surface area (Å²) in [6.45, 7) is 4.31. The molecule has 0 fully saturated rings. The third kappa shape index (κ3) is 13.0. The highest BCUT2D eigenvalue weighted by atomic mass is 127. The molecule has 45 heavy (non-hydrogen) atoms. The average molecular weight is 771 g/mol. The van der Waals surface area contributed by atoms with Crippen molar-refractivity contribution in [2.75, 3.05) is 20.1 Å². The predicted octanol–water partition coefficient (Wildman–Crippen LogP) is 6.89. The van der Waals surface area contributed by atoms with Gasteiger partial charge in [0.15, 0.2) is 0 Å². The summed E-state index contributed by atoms with van der Waals surface area (Å²) in [6.07, 6.45) is -0.175. The highest BCUT2D eigenvalue weighted by Crippen LogP contribution is 2.16. The molecule has 0 saturated carbocycles. The van der Waals surface area contributed by atoms with Crippen LogP contribution in [0.3, 0.4) is 0 Å². The number of nitrogens with zero attached hydrogens (tertiary/aromatic N) is 1. The molecule has 3 N–H and O–H groups in total. The number of likely N-dealkylation sites (N-methyl/N-ethyl adjacent to an activating group) is 1. The van der Waals surface area contributed by atoms with Gasteiger partial charge in [-0.05, 0) is 108 Å². The van der Waals surface area contributed by atoms with Crippen molar-refractivity contribution in [2.45, 2.75) is 45.0 Å². The molecule has 2 atom stereocenters. The standard InChI is InChI=1S/C35H38F2IN3O2.2ClH/c1-24-13-26(11-12-41(2)23-25-7-4-3-5-8-25)15-29(14-24)35(43)40-33(19-28-16-30(36)20-31(37)17-28)34(42)22-39-21-27-9-6-10-32(38)18-27;;/h3-10,13-18,20,33-34,39,42H,11-12,19,21-23H2,1-2H3,(H,40,43);2*1H/t33-,34+;;/m0../s1. The van der Waals surface area contributed by atoms with Crippen LogP contribution in [0.15, 0.2) is 91.0 Å². The molecule has 0 spiro atoms. The van der Waals surface area contributed by atoms with Crippen molar-refractivity contribution >= 4 is 53.3 Å². The Morgan fingerprint density at radius 3 is 2.24 bits per heavy atom. The maximum atomic E-state index is 14.0. The lowest BCUT2D eigenvalue weighted by molar-refractivity contribution is 0.0829. The molecule has 0 bridgehead atoms. The van der Waals surface area contributed by atoms with Gasteiger partial charge in [0.05, 0.1) is 12.1 Å². The maximum Gasteiger partial charge on any atom is 0.251 e. The van der Waals surface area contributed by atoms with Crippen molar-refractivity contribution in [2.24, 2.45) is 0 Å². The molecule has 0 aromatic heterocycles. The van der Waals surface area contributed by atoms with Crippen molar-refractivity contribution in [3.63, 3.8) is 0 Å². The minimum atomic E-state index is -1.01. The molecule has 4 aromatic rings. The van der Waals surface area contributed by atoms with Gasteiger partial charge in [-0.1, -0.05) is 54.1 Å². The Kier molecular flexibility index (Phi) is 16.4. The number of rotatable bonds is 14. The van der Waals surface area contributed by atoms with Crippen LogP contribution in [0.1, 0.15) is 38.2 Å². The molecule has 242 valence electrons. The fraction of sp³-hybridized carbons (Fsp3) is 0.286. The van der Waals surface area contributed by atoms with Crippen LogP contribution in [-0.4, -0.2) is 48.2 Å². The number of aryl methyl sites for hydroxylation is 1. The number of hydrogen-bond acceptors (Lipinski definition) is 4. The Morgan fingerprint density at radius 1 is 0.867 bits per heavy atom. The van der Waals surface area contributed by atoms with E-state index in [4.69, 9.17) is 0 Å². The Labute approximate surface area is 290 Å². The van der Waals surface area contributed by atoms with E-state index >= 15 is 0 Å². The number of aliphatic hydroxyl groups is 1. The highest BCUT2D eigenvalue weighted by Gasteiger charge is 2.23. The molecule has 0 saturated heterocycles. The van der Waals surface area contributed by atoms with Crippen LogP contribution in [0.25, 0.3) is 0 Å². The summed E-state index contributed by atoms with van der Waals surface area (Å²) in [5.74, 6) is -1.75. The molecule has 5 nitrogen and oxygen atoms in total. The fourth-order valence-corrected chi connectivity index (χ4v) is 5.71. The minimum Gasteiger partial charge on any atom is -0.390 e. The quantitative estimate of drug-likeness (QED) is 0.122. The summed E-state index contributed by atoms with van der Waals surface area (Å²) in [4.78, 5) is 15.7. The number of aliphatic hydroxyl groups excluding tert-OH is 1. The lowest BCUT2D eigenvalue weighted by Crippen LogP contribution is -2.48. The summed E-state index contributed by atoms with van der Waals surface area (Å²) in [7, 11) is 2.07. The Bertz CT molecular complexity index is 1490. The molecule has 4 aromatic carbocycles. The van der Waals surface area contributed by atoms with Gasteiger partial charge in [0.2, 0.25) is 0 Å². The maximum absolute atomic E-state index is 14.0. The SMILES string of the molecule is Cc1cc(CCN(C)Cc2ccccc2)cc(C(=O)N[C@@H](Cc2cc(F)cc(F)c2)[C@H](O)CNCc2cccc(I)c2)c1.Cl.Cl. The van der Waals surface area contributed by atoms with Crippen LogP contribution < -0.4 is 10.6 Å². The zero-order valence-electron chi connectivity index (χ0n) is 25.3. The zero-order valence-corrected chi connectivity index (χ0v) is 29.1. The molecule has 0 aliphatic carbocycles. The number of hydrogen-bond donors (Lipinski definition) is 3. The lowest BCUT2D eigenvalue weighted by atomic mass is 9.99. The number of benzene rings is 4. The van der Waals surface area contributed by atoms with Crippen LogP contribution in [0.4, 0.5) is 8.78 Å². The third-order valence-electron chi connectivity index (χ3n) is 7.21. The molecule has 0 heterocycles. The summed E-state index contributed by atoms with van der Waals surface area (Å²) >= 11 is 2.25. The lowest BCUT2D eigenvalue weighted by Gasteiger charge is -2.25. The van der Waals surface area contributed by atoms with E-state index in [1.54, 1.807) is 0 Å². The molecular weight excluding hydrogens is 730 g/mol. The second-order valence-electron chi connectivity index (χ2n) is 11.1. The van der Waals surface area contributed by atoms with Gasteiger partial charge in [-0.15, -0.1) is 24.8 Å². The largest absolute Gasteiger partial charge is 0.390 e. The van der Waals surface area contributed by atoms with Gasteiger partial charge in [-0.25, -0.2) is 8.78 Å². The summed E-state index contributed by atoms with van der Waals surface area (Å²) in [5, 5.41) is 17.3. The van der Waals surface area contributed by atoms with Gasteiger partial charge in [-0.2, -0.15) is 0 Å². The second kappa shape index (κ2) is 19.2. The van der Waals surface area contributed by atoms with Gasteiger partial charge >= 0.3 is 0 Å². The van der Waals surface area contributed by atoms with E-state index in [0.29, 0.717) is 17.7 Å². The van der Waals surface area contributed by atoms with Gasteiger partial charge in [0.25, 0.3) is 5.91 Å². The molecule has 0 radical (unpaired) electrons. The fourth-order valence-electron chi connectivity index (χ4n) is 5.10. The summed E-state index contributed by atoms with van der Waals surface area (Å²) in [6, 6.07) is 26.5. The molecule has 0 aliphatic heterocycles. The number of amides is 1. The van der Waals surface area contributed by atoms with E-state index in [1.807, 2.05) is 61.5 Å². The first-order chi connectivity index (χ1) is 20.6. The number of nitrogens with one attached hydrogen (secondary N) is 2. The van der Waals surface area contributed by atoms with Gasteiger partial charge in [0, 0.05) is 41.4 Å². The monoisotopic (exact) mass is 769 g/mol. The molecule has 4 rings (SSSR count). The van der Waals surface area contributed by atoms with Gasteiger partial charge < -0.3 is 20.6 Å². The summed E-state index contributed by atoms with van der Waals surface area (Å²) in [5.41, 5.74) is 5.13. The summed E-state index contributed by atoms with van der Waals surface area (Å²) < 4.78 is 29.0. The van der Waals surface area contributed by atoms with E-state index in [0.717, 1.165) is 45.8 Å². The van der Waals surface area contributed by atoms with Crippen molar-refractivity contribution in [1.82, 2.24) is 15.5 Å². The van der Waals surface area contributed by atoms with Crippen LogP contribution in [0, 0.1) is 22.1 Å². The molecular formula is C35H40Cl2F2IN3O2. The Balaban J connectivity index is 0.00000353. The van der Waals surface area contributed by atoms with Crippen LogP contribution in [0.5, 0.6) is 0 Å². The zero-order chi connectivity index (χ0) is 30.8. The Hall–Kier alpha value is -2.60. The Morgan fingerprint density at radius 2 is 1.56 bits per heavy atom. The topological polar surface area (TPSA) is 64.6 Å². The average Bonchev–Trinajstić information content (AvgIpc) is 2.95. The van der Waals surface area contributed by atoms with E-state index in [1.165, 1.54) is 17.7 Å². The molecule has 0 unspecified atom stereocenters. The van der Waals surface area contributed by atoms with Crippen molar-refractivity contribution in [3.05, 3.63) is 140 Å². The minimum absolute atomic E-state index is 0. The van der Waals surface area contributed by atoms with Crippen molar-refractivity contribution < 1.29 is 18.7 Å². The van der Waals surface area contributed by atoms with Gasteiger partial charge in [0.1, 0.15) is 11.6 Å². The van der Waals surface area contributed by atoms with Crippen LogP contribution in [0.2, 0.25) is 0 Å². The molecule has 1 amide bonds. The van der Waals surface area contributed by atoms with Gasteiger partial charge in [-0.3, -0.25) is 4.79 Å². The molecule has 10 heteroatoms. The normalized spacial score (nSPS) is 12.2. The van der Waals surface area contributed by atoms with E-state index < -0.39 is 23.8 Å². The predicted molar refractivity (Wildman–Crippen MR) is 190 cm³/mol. The van der Waals surface area contributed by atoms with Crippen molar-refractivity contribution in [3.8, 4) is 0 Å². The smallest absolute Gasteiger partial charge is 0.251 e. The van der Waals surface area contributed by atoms with Crippen LogP contribution >= 0.6 is 47.4 Å². The number of halogens is 5. The number of carbonyl (C=O) groups excluding carboxylic acids is 1. The first-order valence-electron chi connectivity index (χ1n) is 14.4. The molecule has 0 aliphatic rings. The second-order valence-corrected chi connectivity index (χ2v) is 12.3. The highest BCUT2D eigenvalue weighted by molar-refractivity contribution is 14.1. The van der Waals surface area contributed by atoms with E-state index in [9.17, 15) is 18.7 Å².